The second-order valence-corrected chi connectivity index (χ2v) is 7.62. The monoisotopic (exact) mass is 390 g/mol. The number of para-hydroxylation sites is 1. The second kappa shape index (κ2) is 8.79. The average Bonchev–Trinajstić information content (AvgIpc) is 2.68. The first-order valence-electron chi connectivity index (χ1n) is 8.37. The minimum Gasteiger partial charge on any atom is -0.452 e. The maximum atomic E-state index is 12.4. The van der Waals surface area contributed by atoms with Crippen LogP contribution in [0.3, 0.4) is 0 Å². The lowest BCUT2D eigenvalue weighted by molar-refractivity contribution is -0.121. The standard InChI is InChI=1S/C19H22N2O5S/c1-4-21(17-8-6-5-7-14(17)2)18(22)13-26-19(23)15-9-11-16(12-10-15)27(24,25)20-3/h5-12,20H,4,13H2,1-3H3. The van der Waals surface area contributed by atoms with Gasteiger partial charge in [0.15, 0.2) is 6.61 Å². The second-order valence-electron chi connectivity index (χ2n) is 5.73. The molecule has 2 aromatic carbocycles. The Balaban J connectivity index is 2.04. The third-order valence-electron chi connectivity index (χ3n) is 4.02. The van der Waals surface area contributed by atoms with Crippen LogP contribution in [0.2, 0.25) is 0 Å². The molecule has 0 saturated heterocycles. The van der Waals surface area contributed by atoms with Crippen molar-refractivity contribution in [2.75, 3.05) is 25.1 Å². The lowest BCUT2D eigenvalue weighted by atomic mass is 10.2. The highest BCUT2D eigenvalue weighted by Crippen LogP contribution is 2.19. The summed E-state index contributed by atoms with van der Waals surface area (Å²) in [5.41, 5.74) is 1.87. The fourth-order valence-electron chi connectivity index (χ4n) is 2.52. The number of ether oxygens (including phenoxy) is 1. The summed E-state index contributed by atoms with van der Waals surface area (Å²) in [5, 5.41) is 0. The lowest BCUT2D eigenvalue weighted by Gasteiger charge is -2.22. The molecule has 0 spiro atoms. The van der Waals surface area contributed by atoms with E-state index < -0.39 is 22.6 Å². The average molecular weight is 390 g/mol. The SMILES string of the molecule is CCN(C(=O)COC(=O)c1ccc(S(=O)(=O)NC)cc1)c1ccccc1C. The van der Waals surface area contributed by atoms with Gasteiger partial charge in [-0.3, -0.25) is 4.79 Å². The van der Waals surface area contributed by atoms with Gasteiger partial charge in [0.1, 0.15) is 0 Å². The number of nitrogens with zero attached hydrogens (tertiary/aromatic N) is 1. The summed E-state index contributed by atoms with van der Waals surface area (Å²) in [5.74, 6) is -1.04. The van der Waals surface area contributed by atoms with Gasteiger partial charge in [-0.05, 0) is 56.8 Å². The smallest absolute Gasteiger partial charge is 0.338 e. The van der Waals surface area contributed by atoms with Crippen LogP contribution in [-0.4, -0.2) is 40.5 Å². The Kier molecular flexibility index (Phi) is 6.70. The Morgan fingerprint density at radius 2 is 1.70 bits per heavy atom. The van der Waals surface area contributed by atoms with Crippen LogP contribution in [0, 0.1) is 6.92 Å². The number of aryl methyl sites for hydroxylation is 1. The molecule has 0 aliphatic rings. The van der Waals surface area contributed by atoms with E-state index >= 15 is 0 Å². The fraction of sp³-hybridized carbons (Fsp3) is 0.263. The van der Waals surface area contributed by atoms with Gasteiger partial charge in [-0.1, -0.05) is 18.2 Å². The molecule has 1 amide bonds. The first kappa shape index (κ1) is 20.6. The van der Waals surface area contributed by atoms with Crippen molar-refractivity contribution in [3.8, 4) is 0 Å². The molecule has 0 aromatic heterocycles. The number of likely N-dealkylation sites (N-methyl/N-ethyl adjacent to an activating group) is 1. The lowest BCUT2D eigenvalue weighted by Crippen LogP contribution is -2.35. The number of carbonyl (C=O) groups excluding carboxylic acids is 2. The topological polar surface area (TPSA) is 92.8 Å². The van der Waals surface area contributed by atoms with Gasteiger partial charge in [-0.2, -0.15) is 0 Å². The summed E-state index contributed by atoms with van der Waals surface area (Å²) in [7, 11) is -2.28. The highest BCUT2D eigenvalue weighted by Gasteiger charge is 2.18. The number of anilines is 1. The number of benzene rings is 2. The summed E-state index contributed by atoms with van der Waals surface area (Å²) in [6.07, 6.45) is 0. The van der Waals surface area contributed by atoms with E-state index in [-0.39, 0.29) is 16.4 Å². The van der Waals surface area contributed by atoms with Crippen molar-refractivity contribution in [1.29, 1.82) is 0 Å². The molecule has 0 fully saturated rings. The molecular weight excluding hydrogens is 368 g/mol. The van der Waals surface area contributed by atoms with Gasteiger partial charge in [-0.15, -0.1) is 0 Å². The highest BCUT2D eigenvalue weighted by atomic mass is 32.2. The Morgan fingerprint density at radius 1 is 1.07 bits per heavy atom. The third kappa shape index (κ3) is 4.93. The molecule has 0 atom stereocenters. The van der Waals surface area contributed by atoms with E-state index in [1.54, 1.807) is 4.90 Å². The zero-order valence-corrected chi connectivity index (χ0v) is 16.2. The van der Waals surface area contributed by atoms with Crippen molar-refractivity contribution in [3.63, 3.8) is 0 Å². The van der Waals surface area contributed by atoms with E-state index in [1.807, 2.05) is 38.1 Å². The van der Waals surface area contributed by atoms with Crippen molar-refractivity contribution in [2.24, 2.45) is 0 Å². The zero-order valence-electron chi connectivity index (χ0n) is 15.4. The molecule has 0 bridgehead atoms. The van der Waals surface area contributed by atoms with Crippen molar-refractivity contribution >= 4 is 27.6 Å². The quantitative estimate of drug-likeness (QED) is 0.731. The van der Waals surface area contributed by atoms with Crippen LogP contribution < -0.4 is 9.62 Å². The highest BCUT2D eigenvalue weighted by molar-refractivity contribution is 7.89. The molecule has 0 aliphatic heterocycles. The largest absolute Gasteiger partial charge is 0.452 e. The van der Waals surface area contributed by atoms with Gasteiger partial charge < -0.3 is 9.64 Å². The van der Waals surface area contributed by atoms with Crippen molar-refractivity contribution < 1.29 is 22.7 Å². The number of nitrogens with one attached hydrogen (secondary N) is 1. The molecule has 0 aliphatic carbocycles. The van der Waals surface area contributed by atoms with Crippen molar-refractivity contribution in [1.82, 2.24) is 4.72 Å². The summed E-state index contributed by atoms with van der Waals surface area (Å²) in [6, 6.07) is 12.7. The number of carbonyl (C=O) groups is 2. The fourth-order valence-corrected chi connectivity index (χ4v) is 3.25. The van der Waals surface area contributed by atoms with Crippen LogP contribution in [0.1, 0.15) is 22.8 Å². The third-order valence-corrected chi connectivity index (χ3v) is 5.45. The van der Waals surface area contributed by atoms with E-state index in [0.29, 0.717) is 6.54 Å². The van der Waals surface area contributed by atoms with Crippen LogP contribution in [-0.2, 0) is 19.6 Å². The maximum Gasteiger partial charge on any atom is 0.338 e. The number of hydrogen-bond acceptors (Lipinski definition) is 5. The van der Waals surface area contributed by atoms with E-state index in [2.05, 4.69) is 4.72 Å². The molecule has 0 saturated carbocycles. The first-order chi connectivity index (χ1) is 12.8. The minimum atomic E-state index is -3.58. The van der Waals surface area contributed by atoms with Crippen molar-refractivity contribution in [3.05, 3.63) is 59.7 Å². The normalized spacial score (nSPS) is 11.1. The molecule has 1 N–H and O–H groups in total. The van der Waals surface area contributed by atoms with E-state index in [9.17, 15) is 18.0 Å². The number of amides is 1. The molecule has 8 heteroatoms. The van der Waals surface area contributed by atoms with Crippen LogP contribution in [0.5, 0.6) is 0 Å². The molecule has 0 radical (unpaired) electrons. The van der Waals surface area contributed by atoms with Gasteiger partial charge in [0.2, 0.25) is 10.0 Å². The number of rotatable bonds is 7. The summed E-state index contributed by atoms with van der Waals surface area (Å²) >= 11 is 0. The molecule has 2 rings (SSSR count). The van der Waals surface area contributed by atoms with Gasteiger partial charge >= 0.3 is 5.97 Å². The van der Waals surface area contributed by atoms with Gasteiger partial charge in [0.05, 0.1) is 10.5 Å². The Bertz CT molecular complexity index is 923. The Morgan fingerprint density at radius 3 is 2.26 bits per heavy atom. The molecule has 144 valence electrons. The Hall–Kier alpha value is -2.71. The zero-order chi connectivity index (χ0) is 20.0. The van der Waals surface area contributed by atoms with Crippen LogP contribution >= 0.6 is 0 Å². The molecule has 0 unspecified atom stereocenters. The van der Waals surface area contributed by atoms with E-state index in [0.717, 1.165) is 11.3 Å². The van der Waals surface area contributed by atoms with Crippen LogP contribution in [0.25, 0.3) is 0 Å². The number of sulfonamides is 1. The predicted molar refractivity (Wildman–Crippen MR) is 102 cm³/mol. The number of esters is 1. The number of hydrogen-bond donors (Lipinski definition) is 1. The summed E-state index contributed by atoms with van der Waals surface area (Å²) in [6.45, 7) is 3.78. The molecule has 2 aromatic rings. The summed E-state index contributed by atoms with van der Waals surface area (Å²) < 4.78 is 30.7. The maximum absolute atomic E-state index is 12.4. The minimum absolute atomic E-state index is 0.0364. The first-order valence-corrected chi connectivity index (χ1v) is 9.85. The van der Waals surface area contributed by atoms with Gasteiger partial charge in [-0.25, -0.2) is 17.9 Å². The molecule has 0 heterocycles. The Labute approximate surface area is 159 Å². The van der Waals surface area contributed by atoms with Crippen LogP contribution in [0.15, 0.2) is 53.4 Å². The van der Waals surface area contributed by atoms with Crippen molar-refractivity contribution in [2.45, 2.75) is 18.7 Å². The molecule has 7 nitrogen and oxygen atoms in total. The van der Waals surface area contributed by atoms with E-state index in [1.165, 1.54) is 31.3 Å². The predicted octanol–water partition coefficient (Wildman–Crippen LogP) is 2.11. The van der Waals surface area contributed by atoms with Crippen LogP contribution in [0.4, 0.5) is 5.69 Å². The molecular formula is C19H22N2O5S. The molecule has 27 heavy (non-hydrogen) atoms. The van der Waals surface area contributed by atoms with Gasteiger partial charge in [0, 0.05) is 12.2 Å². The van der Waals surface area contributed by atoms with Gasteiger partial charge in [0.25, 0.3) is 5.91 Å². The summed E-state index contributed by atoms with van der Waals surface area (Å²) in [4.78, 5) is 26.2. The van der Waals surface area contributed by atoms with E-state index in [4.69, 9.17) is 4.74 Å².